The zero-order valence-electron chi connectivity index (χ0n) is 9.41. The Kier molecular flexibility index (Phi) is 4.02. The molecule has 5 heteroatoms. The Morgan fingerprint density at radius 3 is 3.06 bits per heavy atom. The number of amidine groups is 1. The number of benzene rings is 1. The fourth-order valence-electron chi connectivity index (χ4n) is 1.80. The fraction of sp³-hybridized carbons (Fsp3) is 0.417. The van der Waals surface area contributed by atoms with Crippen molar-refractivity contribution in [3.05, 3.63) is 28.2 Å². The van der Waals surface area contributed by atoms with Gasteiger partial charge in [0.15, 0.2) is 0 Å². The third-order valence-corrected chi connectivity index (χ3v) is 3.18. The van der Waals surface area contributed by atoms with Crippen LogP contribution in [0, 0.1) is 5.41 Å². The first-order valence-corrected chi connectivity index (χ1v) is 6.34. The van der Waals surface area contributed by atoms with E-state index in [4.69, 9.17) is 20.6 Å². The van der Waals surface area contributed by atoms with Gasteiger partial charge in [0, 0.05) is 11.1 Å². The molecule has 0 spiro atoms. The van der Waals surface area contributed by atoms with Crippen molar-refractivity contribution in [3.8, 4) is 5.75 Å². The van der Waals surface area contributed by atoms with E-state index in [2.05, 4.69) is 15.9 Å². The molecule has 0 radical (unpaired) electrons. The Balaban J connectivity index is 2.07. The number of nitrogen functional groups attached to an aromatic ring is 1. The normalized spacial score (nSPS) is 19.2. The summed E-state index contributed by atoms with van der Waals surface area (Å²) in [4.78, 5) is 0. The molecule has 3 N–H and O–H groups in total. The lowest BCUT2D eigenvalue weighted by molar-refractivity contribution is 0.0679. The standard InChI is InChI=1S/C12H15BrN2O2/c13-8-3-4-10(12(14)15)11(6-8)17-7-9-2-1-5-16-9/h3-4,6,9H,1-2,5,7H2,(H3,14,15). The van der Waals surface area contributed by atoms with E-state index in [0.29, 0.717) is 17.9 Å². The second-order valence-corrected chi connectivity index (χ2v) is 4.92. The second kappa shape index (κ2) is 5.51. The summed E-state index contributed by atoms with van der Waals surface area (Å²) < 4.78 is 12.1. The van der Waals surface area contributed by atoms with Crippen molar-refractivity contribution in [2.75, 3.05) is 13.2 Å². The lowest BCUT2D eigenvalue weighted by Crippen LogP contribution is -2.19. The van der Waals surface area contributed by atoms with Crippen molar-refractivity contribution in [3.63, 3.8) is 0 Å². The number of ether oxygens (including phenoxy) is 2. The molecule has 4 nitrogen and oxygen atoms in total. The van der Waals surface area contributed by atoms with E-state index < -0.39 is 0 Å². The topological polar surface area (TPSA) is 68.3 Å². The maximum absolute atomic E-state index is 7.49. The average molecular weight is 299 g/mol. The van der Waals surface area contributed by atoms with Crippen LogP contribution in [0.3, 0.4) is 0 Å². The molecular weight excluding hydrogens is 284 g/mol. The molecule has 1 aliphatic rings. The number of hydrogen-bond donors (Lipinski definition) is 2. The molecule has 17 heavy (non-hydrogen) atoms. The molecule has 0 saturated carbocycles. The van der Waals surface area contributed by atoms with Crippen LogP contribution in [0.1, 0.15) is 18.4 Å². The van der Waals surface area contributed by atoms with Gasteiger partial charge in [0.25, 0.3) is 0 Å². The Hall–Kier alpha value is -1.07. The van der Waals surface area contributed by atoms with Gasteiger partial charge in [-0.25, -0.2) is 0 Å². The molecule has 1 aliphatic heterocycles. The van der Waals surface area contributed by atoms with Crippen molar-refractivity contribution in [2.24, 2.45) is 5.73 Å². The van der Waals surface area contributed by atoms with Crippen molar-refractivity contribution in [1.82, 2.24) is 0 Å². The van der Waals surface area contributed by atoms with Gasteiger partial charge in [-0.1, -0.05) is 15.9 Å². The van der Waals surface area contributed by atoms with Gasteiger partial charge in [-0.3, -0.25) is 5.41 Å². The van der Waals surface area contributed by atoms with E-state index in [1.807, 2.05) is 12.1 Å². The van der Waals surface area contributed by atoms with E-state index in [-0.39, 0.29) is 11.9 Å². The van der Waals surface area contributed by atoms with Crippen molar-refractivity contribution < 1.29 is 9.47 Å². The molecule has 1 atom stereocenters. The van der Waals surface area contributed by atoms with Gasteiger partial charge < -0.3 is 15.2 Å². The minimum absolute atomic E-state index is 0.0137. The summed E-state index contributed by atoms with van der Waals surface area (Å²) in [5.41, 5.74) is 6.12. The van der Waals surface area contributed by atoms with Gasteiger partial charge in [-0.2, -0.15) is 0 Å². The van der Waals surface area contributed by atoms with Gasteiger partial charge in [0.1, 0.15) is 18.2 Å². The molecule has 92 valence electrons. The van der Waals surface area contributed by atoms with Crippen molar-refractivity contribution in [2.45, 2.75) is 18.9 Å². The van der Waals surface area contributed by atoms with Gasteiger partial charge in [-0.05, 0) is 31.0 Å². The molecule has 1 aromatic rings. The molecule has 2 rings (SSSR count). The highest BCUT2D eigenvalue weighted by Gasteiger charge is 2.17. The van der Waals surface area contributed by atoms with Gasteiger partial charge in [-0.15, -0.1) is 0 Å². The molecule has 0 bridgehead atoms. The Labute approximate surface area is 109 Å². The zero-order valence-corrected chi connectivity index (χ0v) is 11.0. The van der Waals surface area contributed by atoms with Crippen LogP contribution in [0.5, 0.6) is 5.75 Å². The zero-order chi connectivity index (χ0) is 12.3. The molecule has 1 aromatic carbocycles. The summed E-state index contributed by atoms with van der Waals surface area (Å²) in [5, 5.41) is 7.49. The number of rotatable bonds is 4. The first-order chi connectivity index (χ1) is 8.16. The van der Waals surface area contributed by atoms with Crippen molar-refractivity contribution in [1.29, 1.82) is 5.41 Å². The largest absolute Gasteiger partial charge is 0.490 e. The third kappa shape index (κ3) is 3.20. The minimum atomic E-state index is 0.0137. The molecule has 1 heterocycles. The highest BCUT2D eigenvalue weighted by atomic mass is 79.9. The van der Waals surface area contributed by atoms with E-state index in [1.54, 1.807) is 6.07 Å². The van der Waals surface area contributed by atoms with Gasteiger partial charge in [0.2, 0.25) is 0 Å². The van der Waals surface area contributed by atoms with Crippen molar-refractivity contribution >= 4 is 21.8 Å². The highest BCUT2D eigenvalue weighted by Crippen LogP contribution is 2.24. The van der Waals surface area contributed by atoms with Crippen LogP contribution in [-0.2, 0) is 4.74 Å². The lowest BCUT2D eigenvalue weighted by atomic mass is 10.2. The maximum Gasteiger partial charge on any atom is 0.131 e. The molecule has 0 aromatic heterocycles. The molecule has 1 fully saturated rings. The van der Waals surface area contributed by atoms with Gasteiger partial charge >= 0.3 is 0 Å². The maximum atomic E-state index is 7.49. The number of nitrogens with two attached hydrogens (primary N) is 1. The van der Waals surface area contributed by atoms with Crippen LogP contribution in [0.2, 0.25) is 0 Å². The molecule has 0 amide bonds. The number of hydrogen-bond acceptors (Lipinski definition) is 3. The number of nitrogens with one attached hydrogen (secondary N) is 1. The molecular formula is C12H15BrN2O2. The highest BCUT2D eigenvalue weighted by molar-refractivity contribution is 9.10. The summed E-state index contributed by atoms with van der Waals surface area (Å²) in [6.07, 6.45) is 2.28. The summed E-state index contributed by atoms with van der Waals surface area (Å²) in [5.74, 6) is 0.641. The first-order valence-electron chi connectivity index (χ1n) is 5.55. The summed E-state index contributed by atoms with van der Waals surface area (Å²) >= 11 is 3.38. The van der Waals surface area contributed by atoms with Crippen LogP contribution < -0.4 is 10.5 Å². The smallest absolute Gasteiger partial charge is 0.131 e. The first kappa shape index (κ1) is 12.4. The van der Waals surface area contributed by atoms with E-state index >= 15 is 0 Å². The van der Waals surface area contributed by atoms with E-state index in [1.165, 1.54) is 0 Å². The fourth-order valence-corrected chi connectivity index (χ4v) is 2.14. The lowest BCUT2D eigenvalue weighted by Gasteiger charge is -2.14. The Morgan fingerprint density at radius 1 is 1.59 bits per heavy atom. The van der Waals surface area contributed by atoms with E-state index in [0.717, 1.165) is 23.9 Å². The Morgan fingerprint density at radius 2 is 2.41 bits per heavy atom. The van der Waals surface area contributed by atoms with Crippen LogP contribution in [0.15, 0.2) is 22.7 Å². The Bertz CT molecular complexity index is 417. The third-order valence-electron chi connectivity index (χ3n) is 2.68. The monoisotopic (exact) mass is 298 g/mol. The quantitative estimate of drug-likeness (QED) is 0.662. The van der Waals surface area contributed by atoms with E-state index in [9.17, 15) is 0 Å². The predicted octanol–water partition coefficient (Wildman–Crippen LogP) is 2.29. The number of halogens is 1. The second-order valence-electron chi connectivity index (χ2n) is 4.00. The molecule has 1 unspecified atom stereocenters. The SMILES string of the molecule is N=C(N)c1ccc(Br)cc1OCC1CCCO1. The predicted molar refractivity (Wildman–Crippen MR) is 69.6 cm³/mol. The van der Waals surface area contributed by atoms with Crippen LogP contribution in [0.4, 0.5) is 0 Å². The molecule has 1 saturated heterocycles. The van der Waals surface area contributed by atoms with Gasteiger partial charge in [0.05, 0.1) is 11.7 Å². The molecule has 0 aliphatic carbocycles. The summed E-state index contributed by atoms with van der Waals surface area (Å²) in [6.45, 7) is 1.32. The minimum Gasteiger partial charge on any atom is -0.490 e. The van der Waals surface area contributed by atoms with Crippen LogP contribution in [-0.4, -0.2) is 25.2 Å². The summed E-state index contributed by atoms with van der Waals surface area (Å²) in [7, 11) is 0. The summed E-state index contributed by atoms with van der Waals surface area (Å²) in [6, 6.07) is 5.44. The average Bonchev–Trinajstić information content (AvgIpc) is 2.78. The van der Waals surface area contributed by atoms with Crippen LogP contribution in [0.25, 0.3) is 0 Å². The van der Waals surface area contributed by atoms with Crippen LogP contribution >= 0.6 is 15.9 Å².